The lowest BCUT2D eigenvalue weighted by atomic mass is 9.45. The predicted octanol–water partition coefficient (Wildman–Crippen LogP) is 8.94. The maximum Gasteiger partial charge on any atom is 0.251 e. The highest BCUT2D eigenvalue weighted by atomic mass is 16.7. The van der Waals surface area contributed by atoms with Crippen LogP contribution in [0.15, 0.2) is 72.8 Å². The minimum absolute atomic E-state index is 0.0358. The quantitative estimate of drug-likeness (QED) is 0.0291. The molecule has 540 valence electrons. The summed E-state index contributed by atoms with van der Waals surface area (Å²) in [7, 11) is 15.6. The molecule has 3 saturated heterocycles. The molecule has 4 aromatic rings. The van der Waals surface area contributed by atoms with Crippen molar-refractivity contribution in [3.63, 3.8) is 0 Å². The molecule has 3 heterocycles. The van der Waals surface area contributed by atoms with Gasteiger partial charge in [0.05, 0.1) is 58.3 Å². The van der Waals surface area contributed by atoms with Crippen LogP contribution in [-0.4, -0.2) is 192 Å². The van der Waals surface area contributed by atoms with Crippen molar-refractivity contribution in [2.75, 3.05) is 99.2 Å². The molecule has 9 fully saturated rings. The second-order valence-corrected chi connectivity index (χ2v) is 31.6. The number of aryl methyl sites for hydroxylation is 1. The first-order valence-corrected chi connectivity index (χ1v) is 36.3. The van der Waals surface area contributed by atoms with Crippen molar-refractivity contribution in [3.8, 4) is 33.8 Å². The smallest absolute Gasteiger partial charge is 0.251 e. The van der Waals surface area contributed by atoms with Crippen LogP contribution in [0.25, 0.3) is 22.3 Å². The fraction of sp³-hybridized carbons (Fsp3) is 0.654. The number of aliphatic hydroxyl groups is 3. The zero-order chi connectivity index (χ0) is 70.8. The second-order valence-electron chi connectivity index (χ2n) is 31.6. The summed E-state index contributed by atoms with van der Waals surface area (Å²) in [5.41, 5.74) is 16.0. The molecular weight excluding hydrogens is 1240 g/mol. The molecule has 6 aliphatic carbocycles. The van der Waals surface area contributed by atoms with Gasteiger partial charge in [-0.15, -0.1) is 0 Å². The molecule has 17 atom stereocenters. The lowest BCUT2D eigenvalue weighted by molar-refractivity contribution is -0.183. The van der Waals surface area contributed by atoms with Crippen LogP contribution in [0, 0.1) is 58.2 Å². The average molecular weight is 1360 g/mol. The van der Waals surface area contributed by atoms with E-state index in [1.165, 1.54) is 18.4 Å². The Kier molecular flexibility index (Phi) is 24.1. The van der Waals surface area contributed by atoms with Crippen LogP contribution in [-0.2, 0) is 43.5 Å². The average Bonchev–Trinajstić information content (AvgIpc) is 0.899. The fourth-order valence-electron chi connectivity index (χ4n) is 18.0. The molecule has 6 saturated carbocycles. The van der Waals surface area contributed by atoms with Gasteiger partial charge in [0.2, 0.25) is 11.8 Å². The highest BCUT2D eigenvalue weighted by Gasteiger charge is 2.59. The highest BCUT2D eigenvalue weighted by Crippen LogP contribution is 2.62. The van der Waals surface area contributed by atoms with Crippen LogP contribution in [0.4, 0.5) is 11.4 Å². The lowest BCUT2D eigenvalue weighted by Gasteiger charge is -2.62. The zero-order valence-corrected chi connectivity index (χ0v) is 61.5. The first-order chi connectivity index (χ1) is 46.6. The number of fused-ring (bicyclic) bond motifs is 4. The van der Waals surface area contributed by atoms with E-state index in [1.807, 2.05) is 67.5 Å². The monoisotopic (exact) mass is 1360 g/mol. The Morgan fingerprint density at radius 2 is 1.18 bits per heavy atom. The number of nitrogens with one attached hydrogen (secondary N) is 3. The van der Waals surface area contributed by atoms with Crippen molar-refractivity contribution in [2.24, 2.45) is 63.9 Å². The van der Waals surface area contributed by atoms with E-state index >= 15 is 0 Å². The van der Waals surface area contributed by atoms with E-state index in [1.54, 1.807) is 38.2 Å². The van der Waals surface area contributed by atoms with E-state index < -0.39 is 48.3 Å². The fourth-order valence-corrected chi connectivity index (χ4v) is 18.0. The minimum Gasteiger partial charge on any atom is -0.496 e. The third-order valence-corrected chi connectivity index (χ3v) is 24.1. The lowest BCUT2D eigenvalue weighted by Crippen LogP contribution is -2.62. The third kappa shape index (κ3) is 15.7. The normalized spacial score (nSPS) is 29.7. The van der Waals surface area contributed by atoms with Crippen molar-refractivity contribution in [3.05, 3.63) is 95.1 Å². The molecule has 3 aliphatic heterocycles. The summed E-state index contributed by atoms with van der Waals surface area (Å²) in [6, 6.07) is 23.1. The maximum absolute atomic E-state index is 14.2. The first-order valence-electron chi connectivity index (χ1n) is 36.3. The van der Waals surface area contributed by atoms with Gasteiger partial charge >= 0.3 is 0 Å². The summed E-state index contributed by atoms with van der Waals surface area (Å²) < 4.78 is 17.9. The largest absolute Gasteiger partial charge is 0.496 e. The topological polar surface area (TPSA) is 236 Å². The molecule has 4 bridgehead atoms. The number of aliphatic hydroxyl groups excluding tert-OH is 3. The van der Waals surface area contributed by atoms with Crippen LogP contribution in [0.5, 0.6) is 11.5 Å². The first kappa shape index (κ1) is 74.8. The van der Waals surface area contributed by atoms with Gasteiger partial charge < -0.3 is 65.9 Å². The van der Waals surface area contributed by atoms with Crippen molar-refractivity contribution in [1.29, 1.82) is 0 Å². The molecule has 4 aromatic carbocycles. The van der Waals surface area contributed by atoms with E-state index in [-0.39, 0.29) is 61.0 Å². The molecule has 3 amide bonds. The van der Waals surface area contributed by atoms with Gasteiger partial charge in [-0.3, -0.25) is 24.1 Å². The molecule has 13 rings (SSSR count). The van der Waals surface area contributed by atoms with Crippen LogP contribution in [0.2, 0.25) is 0 Å². The summed E-state index contributed by atoms with van der Waals surface area (Å²) in [5, 5.41) is 45.3. The van der Waals surface area contributed by atoms with Gasteiger partial charge in [0.25, 0.3) is 5.91 Å². The van der Waals surface area contributed by atoms with Crippen LogP contribution in [0.3, 0.4) is 0 Å². The van der Waals surface area contributed by atoms with Gasteiger partial charge in [0, 0.05) is 111 Å². The van der Waals surface area contributed by atoms with E-state index in [2.05, 4.69) is 120 Å². The third-order valence-electron chi connectivity index (χ3n) is 24.1. The minimum atomic E-state index is -0.893. The van der Waals surface area contributed by atoms with E-state index in [0.717, 1.165) is 109 Å². The number of rotatable bonds is 26. The number of nitrogens with two attached hydrogens (primary N) is 1. The van der Waals surface area contributed by atoms with Gasteiger partial charge in [-0.25, -0.2) is 0 Å². The number of benzene rings is 4. The summed E-state index contributed by atoms with van der Waals surface area (Å²) >= 11 is 0. The number of hydrogen-bond donors (Lipinski definition) is 7. The molecule has 20 heteroatoms. The molecule has 98 heavy (non-hydrogen) atoms. The second kappa shape index (κ2) is 31.5. The van der Waals surface area contributed by atoms with Crippen molar-refractivity contribution >= 4 is 29.1 Å². The van der Waals surface area contributed by atoms with Gasteiger partial charge in [-0.1, -0.05) is 84.0 Å². The number of hydroxylamine groups is 4. The number of nitrogens with zero attached hydrogens (tertiary/aromatic N) is 5. The highest BCUT2D eigenvalue weighted by molar-refractivity contribution is 5.97. The van der Waals surface area contributed by atoms with Crippen LogP contribution >= 0.6 is 0 Å². The van der Waals surface area contributed by atoms with Crippen LogP contribution < -0.4 is 41.0 Å². The molecule has 8 N–H and O–H groups in total. The number of anilines is 2. The van der Waals surface area contributed by atoms with E-state index in [4.69, 9.17) is 29.6 Å². The molecular formula is C78H117N9O11. The number of carbonyl (C=O) groups excluding carboxylic acids is 3. The zero-order valence-electron chi connectivity index (χ0n) is 61.5. The van der Waals surface area contributed by atoms with E-state index in [0.29, 0.717) is 65.3 Å². The molecule has 1 unspecified atom stereocenters. The Balaban J connectivity index is 0.000000213. The molecule has 0 radical (unpaired) electrons. The molecule has 9 aliphatic rings. The van der Waals surface area contributed by atoms with Gasteiger partial charge in [-0.05, 0) is 186 Å². The summed E-state index contributed by atoms with van der Waals surface area (Å²) in [4.78, 5) is 60.8. The number of methoxy groups -OCH3 is 2. The maximum atomic E-state index is 14.2. The van der Waals surface area contributed by atoms with Crippen LogP contribution in [0.1, 0.15) is 134 Å². The summed E-state index contributed by atoms with van der Waals surface area (Å²) in [6.45, 7) is 19.9. The Hall–Kier alpha value is -5.91. The number of ether oxygens (including phenoxy) is 3. The number of para-hydroxylation sites is 2. The van der Waals surface area contributed by atoms with Gasteiger partial charge in [0.15, 0.2) is 0 Å². The van der Waals surface area contributed by atoms with Crippen molar-refractivity contribution in [2.45, 2.75) is 181 Å². The number of unbranched alkanes of at least 4 members (excludes halogenated alkanes) is 1. The Bertz CT molecular complexity index is 3390. The Morgan fingerprint density at radius 3 is 1.62 bits per heavy atom. The van der Waals surface area contributed by atoms with Crippen molar-refractivity contribution in [1.82, 2.24) is 31.0 Å². The van der Waals surface area contributed by atoms with Gasteiger partial charge in [0.1, 0.15) is 29.7 Å². The van der Waals surface area contributed by atoms with Gasteiger partial charge in [-0.2, -0.15) is 10.1 Å². The number of hydrogen-bond acceptors (Lipinski definition) is 17. The summed E-state index contributed by atoms with van der Waals surface area (Å²) in [5.74, 6) is 2.89. The SMILES string of the molecule is COc1c(CN2O[C@@H](CN)[C@H](C(C)O)[C@H]2C(=O)N[C@H]2C[C@H]3C[C@@H]([C@@H]2C)C3(C)C)cccc1-c1cc(CCCCN(C)C)cc(N(C)C)c1.COc1c(CN2O[C@@H](CO)[C@H]([C@H](C)O)[C@H]2C(=O)N[C@H]2C[C@H]3C[C@@H]([C@@H]2C)C3(C)C)cccc1-c1cc(C(=O)NC[C@@H]2CCCO2)cc(N(C)C)c1. The summed E-state index contributed by atoms with van der Waals surface area (Å²) in [6.07, 6.45) is 6.74. The number of amides is 3. The Morgan fingerprint density at radius 1 is 0.684 bits per heavy atom. The van der Waals surface area contributed by atoms with E-state index in [9.17, 15) is 29.7 Å². The molecule has 0 spiro atoms. The van der Waals surface area contributed by atoms with Crippen molar-refractivity contribution < 1.29 is 53.6 Å². The molecule has 0 aromatic heterocycles. The predicted molar refractivity (Wildman–Crippen MR) is 385 cm³/mol. The molecule has 20 nitrogen and oxygen atoms in total. The standard InChI is InChI=1S/C39H61N5O4.C39H56N4O7/c1-24-32-20-29(39(32,3)4)21-33(24)41-38(46)36-35(25(2)45)34(22-40)48-44(36)23-27-14-12-15-31(37(27)47-9)28-17-26(13-10-11-16-42(5)6)18-30(19-28)43(7)8;1-22-31-17-27(39(31,3)4)18-32(22)41-38(47)35-34(23(2)45)33(21-44)50-43(35)20-24-10-8-12-30(36(24)48-7)25-14-26(16-28(15-25)42(5)6)37(46)40-19-29-11-9-13-49-29/h12,14-15,17-19,24-25,29,32-36,45H,10-11,13,16,20-23,40H2,1-9H3,(H,41,46);8,10,12,14-16,22-23,27,29,31-35,44-45H,9,11,13,17-21H2,1-7H3,(H,40,46)(H,41,47)/t24-,25?,29+,32-,33-,34-,35-,36-;22-,23-,27+,29-,31-,32-,33-,34-,35-/m00/s1. The number of carbonyl (C=O) groups is 3. The Labute approximate surface area is 583 Å².